The molecule has 18 heavy (non-hydrogen) atoms. The molecule has 2 nitrogen and oxygen atoms in total. The fraction of sp³-hybridized carbons (Fsp3) is 0.600. The molecule has 3 atom stereocenters. The Balaban J connectivity index is 2.23. The summed E-state index contributed by atoms with van der Waals surface area (Å²) in [5, 5.41) is 3.63. The lowest BCUT2D eigenvalue weighted by Gasteiger charge is -2.24. The van der Waals surface area contributed by atoms with Crippen molar-refractivity contribution in [3.8, 4) is 0 Å². The van der Waals surface area contributed by atoms with Gasteiger partial charge in [0.2, 0.25) is 0 Å². The minimum Gasteiger partial charge on any atom is -0.316 e. The van der Waals surface area contributed by atoms with E-state index in [1.807, 2.05) is 25.2 Å². The zero-order valence-electron chi connectivity index (χ0n) is 11.3. The molecule has 100 valence electrons. The highest BCUT2D eigenvalue weighted by atomic mass is 32.2. The number of hydrogen-bond donors (Lipinski definition) is 1. The first kappa shape index (κ1) is 13.8. The second kappa shape index (κ2) is 6.48. The molecule has 2 rings (SSSR count). The van der Waals surface area contributed by atoms with E-state index in [-0.39, 0.29) is 5.25 Å². The van der Waals surface area contributed by atoms with Gasteiger partial charge in [-0.15, -0.1) is 0 Å². The van der Waals surface area contributed by atoms with Crippen LogP contribution < -0.4 is 5.32 Å². The molecule has 1 fully saturated rings. The monoisotopic (exact) mass is 265 g/mol. The van der Waals surface area contributed by atoms with E-state index in [0.29, 0.717) is 6.04 Å². The van der Waals surface area contributed by atoms with Gasteiger partial charge in [0.25, 0.3) is 0 Å². The number of rotatable bonds is 3. The van der Waals surface area contributed by atoms with Gasteiger partial charge in [0, 0.05) is 10.9 Å². The second-order valence-electron chi connectivity index (χ2n) is 5.13. The molecule has 1 aromatic rings. The third-order valence-corrected chi connectivity index (χ3v) is 5.91. The van der Waals surface area contributed by atoms with E-state index in [1.165, 1.54) is 19.3 Å². The van der Waals surface area contributed by atoms with Gasteiger partial charge in [0.1, 0.15) is 0 Å². The van der Waals surface area contributed by atoms with E-state index in [4.69, 9.17) is 0 Å². The number of hydrogen-bond acceptors (Lipinski definition) is 2. The summed E-state index contributed by atoms with van der Waals surface area (Å²) in [4.78, 5) is 1.02. The second-order valence-corrected chi connectivity index (χ2v) is 6.77. The molecule has 1 N–H and O–H groups in total. The predicted molar refractivity (Wildman–Crippen MR) is 77.3 cm³/mol. The Bertz CT molecular complexity index is 419. The maximum Gasteiger partial charge on any atom is 0.0579 e. The average molecular weight is 265 g/mol. The lowest BCUT2D eigenvalue weighted by atomic mass is 10.1. The lowest BCUT2D eigenvalue weighted by molar-refractivity contribution is 0.500. The molecule has 0 saturated heterocycles. The minimum absolute atomic E-state index is 0.263. The molecule has 1 aromatic carbocycles. The van der Waals surface area contributed by atoms with Crippen LogP contribution >= 0.6 is 0 Å². The van der Waals surface area contributed by atoms with Crippen LogP contribution in [0.5, 0.6) is 0 Å². The topological polar surface area (TPSA) is 29.1 Å². The van der Waals surface area contributed by atoms with E-state index in [9.17, 15) is 4.21 Å². The Morgan fingerprint density at radius 3 is 2.61 bits per heavy atom. The van der Waals surface area contributed by atoms with Gasteiger partial charge in [-0.3, -0.25) is 4.21 Å². The van der Waals surface area contributed by atoms with Gasteiger partial charge in [0.15, 0.2) is 0 Å². The highest BCUT2D eigenvalue weighted by molar-refractivity contribution is 7.85. The van der Waals surface area contributed by atoms with E-state index >= 15 is 0 Å². The molecule has 1 saturated carbocycles. The van der Waals surface area contributed by atoms with Crippen molar-refractivity contribution in [2.45, 2.75) is 55.2 Å². The summed E-state index contributed by atoms with van der Waals surface area (Å²) in [7, 11) is 1.11. The van der Waals surface area contributed by atoms with Gasteiger partial charge in [-0.2, -0.15) is 0 Å². The first-order valence-electron chi connectivity index (χ1n) is 6.87. The Kier molecular flexibility index (Phi) is 4.95. The molecule has 1 aliphatic carbocycles. The van der Waals surface area contributed by atoms with E-state index in [1.54, 1.807) is 0 Å². The largest absolute Gasteiger partial charge is 0.316 e. The zero-order chi connectivity index (χ0) is 13.0. The quantitative estimate of drug-likeness (QED) is 0.851. The third kappa shape index (κ3) is 3.01. The van der Waals surface area contributed by atoms with Gasteiger partial charge in [0.05, 0.1) is 16.0 Å². The van der Waals surface area contributed by atoms with Crippen LogP contribution in [0.4, 0.5) is 0 Å². The summed E-state index contributed by atoms with van der Waals surface area (Å²) < 4.78 is 12.8. The van der Waals surface area contributed by atoms with Crippen LogP contribution in [0.3, 0.4) is 0 Å². The lowest BCUT2D eigenvalue weighted by Crippen LogP contribution is -2.39. The summed E-state index contributed by atoms with van der Waals surface area (Å²) in [5.74, 6) is 0. The minimum atomic E-state index is -0.885. The Hall–Kier alpha value is -0.670. The van der Waals surface area contributed by atoms with Crippen molar-refractivity contribution in [2.75, 3.05) is 7.05 Å². The molecule has 3 unspecified atom stereocenters. The van der Waals surface area contributed by atoms with E-state index in [2.05, 4.69) is 18.3 Å². The predicted octanol–water partition coefficient (Wildman–Crippen LogP) is 3.02. The molecule has 0 heterocycles. The van der Waals surface area contributed by atoms with Gasteiger partial charge < -0.3 is 5.32 Å². The molecule has 0 radical (unpaired) electrons. The van der Waals surface area contributed by atoms with Crippen molar-refractivity contribution >= 4 is 10.8 Å². The van der Waals surface area contributed by atoms with Crippen molar-refractivity contribution in [1.29, 1.82) is 0 Å². The van der Waals surface area contributed by atoms with Crippen LogP contribution in [0.1, 0.15) is 37.7 Å². The van der Waals surface area contributed by atoms with Crippen LogP contribution in [0.25, 0.3) is 0 Å². The fourth-order valence-electron chi connectivity index (χ4n) is 2.81. The number of aryl methyl sites for hydroxylation is 1. The summed E-state index contributed by atoms with van der Waals surface area (Å²) >= 11 is 0. The Morgan fingerprint density at radius 2 is 1.89 bits per heavy atom. The normalized spacial score (nSPS) is 26.6. The van der Waals surface area contributed by atoms with Crippen molar-refractivity contribution in [2.24, 2.45) is 0 Å². The summed E-state index contributed by atoms with van der Waals surface area (Å²) in [5.41, 5.74) is 1.15. The summed E-state index contributed by atoms with van der Waals surface area (Å²) in [6.45, 7) is 2.05. The van der Waals surface area contributed by atoms with Gasteiger partial charge >= 0.3 is 0 Å². The maximum atomic E-state index is 12.8. The smallest absolute Gasteiger partial charge is 0.0579 e. The molecule has 0 bridgehead atoms. The first-order valence-corrected chi connectivity index (χ1v) is 8.09. The highest BCUT2D eigenvalue weighted by Crippen LogP contribution is 2.26. The SMILES string of the molecule is CNC1CCCCCC1S(=O)c1ccccc1C. The van der Waals surface area contributed by atoms with Crippen LogP contribution in [0.15, 0.2) is 29.2 Å². The molecule has 0 spiro atoms. The third-order valence-electron chi connectivity index (χ3n) is 3.91. The van der Waals surface area contributed by atoms with Crippen molar-refractivity contribution < 1.29 is 4.21 Å². The van der Waals surface area contributed by atoms with Crippen LogP contribution in [-0.4, -0.2) is 22.5 Å². The van der Waals surface area contributed by atoms with Crippen molar-refractivity contribution in [1.82, 2.24) is 5.32 Å². The van der Waals surface area contributed by atoms with Crippen molar-refractivity contribution in [3.05, 3.63) is 29.8 Å². The number of benzene rings is 1. The molecule has 0 amide bonds. The highest BCUT2D eigenvalue weighted by Gasteiger charge is 2.28. The summed E-state index contributed by atoms with van der Waals surface area (Å²) in [6.07, 6.45) is 5.97. The molecular formula is C15H23NOS. The fourth-order valence-corrected chi connectivity index (χ4v) is 4.68. The average Bonchev–Trinajstić information content (AvgIpc) is 2.63. The van der Waals surface area contributed by atoms with Gasteiger partial charge in [-0.25, -0.2) is 0 Å². The van der Waals surface area contributed by atoms with Crippen LogP contribution in [0.2, 0.25) is 0 Å². The molecular weight excluding hydrogens is 242 g/mol. The maximum absolute atomic E-state index is 12.8. The first-order chi connectivity index (χ1) is 8.74. The Morgan fingerprint density at radius 1 is 1.17 bits per heavy atom. The van der Waals surface area contributed by atoms with Gasteiger partial charge in [-0.05, 0) is 38.4 Å². The molecule has 1 aliphatic rings. The van der Waals surface area contributed by atoms with Crippen LogP contribution in [0, 0.1) is 6.92 Å². The summed E-state index contributed by atoms with van der Waals surface area (Å²) in [6, 6.07) is 8.47. The molecule has 0 aliphatic heterocycles. The number of nitrogens with one attached hydrogen (secondary N) is 1. The molecule has 3 heteroatoms. The standard InChI is InChI=1S/C15H23NOS/c1-12-8-6-7-10-14(12)18(17)15-11-5-3-4-9-13(15)16-2/h6-8,10,13,15-16H,3-5,9,11H2,1-2H3. The zero-order valence-corrected chi connectivity index (χ0v) is 12.1. The van der Waals surface area contributed by atoms with Crippen molar-refractivity contribution in [3.63, 3.8) is 0 Å². The molecule has 0 aromatic heterocycles. The Labute approximate surface area is 113 Å². The van der Waals surface area contributed by atoms with E-state index < -0.39 is 10.8 Å². The van der Waals surface area contributed by atoms with Gasteiger partial charge in [-0.1, -0.05) is 37.5 Å². The van der Waals surface area contributed by atoms with E-state index in [0.717, 1.165) is 23.3 Å². The van der Waals surface area contributed by atoms with Crippen LogP contribution in [-0.2, 0) is 10.8 Å².